The minimum absolute atomic E-state index is 0.235. The highest BCUT2D eigenvalue weighted by molar-refractivity contribution is 5.66. The molecule has 130 valence electrons. The molecule has 0 aliphatic rings. The Kier molecular flexibility index (Phi) is 15.8. The molecular formula is C18H34O4. The molecule has 22 heavy (non-hydrogen) atoms. The summed E-state index contributed by atoms with van der Waals surface area (Å²) in [5.74, 6) is -0.699. The topological polar surface area (TPSA) is 77.8 Å². The quantitative estimate of drug-likeness (QED) is 0.297. The summed E-state index contributed by atoms with van der Waals surface area (Å²) in [5.41, 5.74) is 0. The highest BCUT2D eigenvalue weighted by atomic mass is 16.4. The lowest BCUT2D eigenvalue weighted by Gasteiger charge is -2.07. The van der Waals surface area contributed by atoms with Crippen molar-refractivity contribution in [2.45, 2.75) is 89.6 Å². The molecule has 0 aliphatic heterocycles. The van der Waals surface area contributed by atoms with Crippen LogP contribution < -0.4 is 0 Å². The fourth-order valence-corrected chi connectivity index (χ4v) is 2.40. The summed E-state index contributed by atoms with van der Waals surface area (Å²) < 4.78 is 0. The summed E-state index contributed by atoms with van der Waals surface area (Å²) in [5, 5.41) is 27.0. The van der Waals surface area contributed by atoms with E-state index in [2.05, 4.69) is 12.2 Å². The van der Waals surface area contributed by atoms with Gasteiger partial charge in [-0.1, -0.05) is 50.7 Å². The summed E-state index contributed by atoms with van der Waals surface area (Å²) in [6, 6.07) is 0. The maximum atomic E-state index is 10.3. The Bertz CT molecular complexity index is 276. The number of aliphatic hydroxyl groups is 2. The molecule has 0 amide bonds. The van der Waals surface area contributed by atoms with E-state index in [0.717, 1.165) is 77.0 Å². The van der Waals surface area contributed by atoms with Crippen LogP contribution in [0.15, 0.2) is 12.2 Å². The van der Waals surface area contributed by atoms with E-state index in [9.17, 15) is 9.90 Å². The summed E-state index contributed by atoms with van der Waals surface area (Å²) in [4.78, 5) is 10.3. The molecule has 0 rings (SSSR count). The van der Waals surface area contributed by atoms with Gasteiger partial charge in [0.05, 0.1) is 6.10 Å². The molecule has 0 aromatic carbocycles. The zero-order valence-corrected chi connectivity index (χ0v) is 13.9. The highest BCUT2D eigenvalue weighted by Crippen LogP contribution is 2.10. The van der Waals surface area contributed by atoms with Gasteiger partial charge in [-0.25, -0.2) is 0 Å². The Labute approximate surface area is 135 Å². The van der Waals surface area contributed by atoms with Gasteiger partial charge in [0.15, 0.2) is 0 Å². The van der Waals surface area contributed by atoms with E-state index < -0.39 is 5.97 Å². The molecule has 0 aliphatic carbocycles. The number of rotatable bonds is 16. The summed E-state index contributed by atoms with van der Waals surface area (Å²) in [6.45, 7) is 0.269. The first kappa shape index (κ1) is 21.1. The van der Waals surface area contributed by atoms with E-state index in [1.54, 1.807) is 0 Å². The van der Waals surface area contributed by atoms with E-state index in [1.165, 1.54) is 0 Å². The number of unbranched alkanes of at least 4 members (excludes halogenated alkanes) is 8. The number of hydrogen-bond acceptors (Lipinski definition) is 3. The predicted molar refractivity (Wildman–Crippen MR) is 89.9 cm³/mol. The van der Waals surface area contributed by atoms with Crippen LogP contribution in [0.25, 0.3) is 0 Å². The van der Waals surface area contributed by atoms with E-state index in [0.29, 0.717) is 0 Å². The van der Waals surface area contributed by atoms with Crippen molar-refractivity contribution in [1.82, 2.24) is 0 Å². The van der Waals surface area contributed by atoms with Crippen molar-refractivity contribution >= 4 is 5.97 Å². The molecule has 3 N–H and O–H groups in total. The number of hydrogen-bond donors (Lipinski definition) is 3. The molecule has 0 saturated heterocycles. The average Bonchev–Trinajstić information content (AvgIpc) is 2.48. The summed E-state index contributed by atoms with van der Waals surface area (Å²) in [6.07, 6.45) is 16.1. The average molecular weight is 314 g/mol. The fraction of sp³-hybridized carbons (Fsp3) is 0.833. The van der Waals surface area contributed by atoms with Gasteiger partial charge in [0, 0.05) is 13.0 Å². The largest absolute Gasteiger partial charge is 0.481 e. The third-order valence-electron chi connectivity index (χ3n) is 3.78. The Hall–Kier alpha value is -0.870. The molecule has 0 saturated carbocycles. The molecule has 0 spiro atoms. The van der Waals surface area contributed by atoms with E-state index in [-0.39, 0.29) is 19.1 Å². The smallest absolute Gasteiger partial charge is 0.303 e. The number of aliphatic hydroxyl groups excluding tert-OH is 2. The van der Waals surface area contributed by atoms with E-state index >= 15 is 0 Å². The molecule has 0 aromatic rings. The van der Waals surface area contributed by atoms with Gasteiger partial charge in [-0.05, 0) is 38.5 Å². The Morgan fingerprint density at radius 2 is 1.50 bits per heavy atom. The third kappa shape index (κ3) is 17.2. The van der Waals surface area contributed by atoms with Gasteiger partial charge in [0.2, 0.25) is 0 Å². The molecule has 4 heteroatoms. The van der Waals surface area contributed by atoms with Crippen molar-refractivity contribution in [3.63, 3.8) is 0 Å². The minimum Gasteiger partial charge on any atom is -0.481 e. The van der Waals surface area contributed by atoms with Gasteiger partial charge in [-0.3, -0.25) is 4.79 Å². The number of carboxylic acid groups (broad SMARTS) is 1. The second-order valence-electron chi connectivity index (χ2n) is 5.99. The SMILES string of the molecule is O=C(O)CCCCCCC/C=C\CC(O)CCCCCCO. The van der Waals surface area contributed by atoms with Gasteiger partial charge in [0.25, 0.3) is 0 Å². The van der Waals surface area contributed by atoms with Crippen LogP contribution in [0.2, 0.25) is 0 Å². The normalized spacial score (nSPS) is 12.8. The first-order valence-corrected chi connectivity index (χ1v) is 8.82. The first-order valence-electron chi connectivity index (χ1n) is 8.82. The van der Waals surface area contributed by atoms with E-state index in [1.807, 2.05) is 0 Å². The second-order valence-corrected chi connectivity index (χ2v) is 5.99. The summed E-state index contributed by atoms with van der Waals surface area (Å²) >= 11 is 0. The molecule has 1 atom stereocenters. The molecule has 0 radical (unpaired) electrons. The van der Waals surface area contributed by atoms with Crippen LogP contribution in [0.3, 0.4) is 0 Å². The van der Waals surface area contributed by atoms with Crippen molar-refractivity contribution in [1.29, 1.82) is 0 Å². The van der Waals surface area contributed by atoms with Gasteiger partial charge in [-0.2, -0.15) is 0 Å². The van der Waals surface area contributed by atoms with Crippen LogP contribution in [0.1, 0.15) is 83.5 Å². The Morgan fingerprint density at radius 3 is 2.23 bits per heavy atom. The molecule has 4 nitrogen and oxygen atoms in total. The lowest BCUT2D eigenvalue weighted by molar-refractivity contribution is -0.137. The number of allylic oxidation sites excluding steroid dienone is 1. The van der Waals surface area contributed by atoms with Crippen LogP contribution >= 0.6 is 0 Å². The van der Waals surface area contributed by atoms with E-state index in [4.69, 9.17) is 10.2 Å². The zero-order valence-electron chi connectivity index (χ0n) is 13.9. The van der Waals surface area contributed by atoms with Crippen LogP contribution in [-0.4, -0.2) is 34.0 Å². The number of aliphatic carboxylic acids is 1. The van der Waals surface area contributed by atoms with Crippen molar-refractivity contribution in [2.24, 2.45) is 0 Å². The lowest BCUT2D eigenvalue weighted by Crippen LogP contribution is -2.04. The van der Waals surface area contributed by atoms with Crippen LogP contribution in [0, 0.1) is 0 Å². The summed E-state index contributed by atoms with van der Waals surface area (Å²) in [7, 11) is 0. The molecule has 0 bridgehead atoms. The minimum atomic E-state index is -0.699. The van der Waals surface area contributed by atoms with Crippen LogP contribution in [0.4, 0.5) is 0 Å². The second kappa shape index (κ2) is 16.5. The van der Waals surface area contributed by atoms with Gasteiger partial charge in [-0.15, -0.1) is 0 Å². The Morgan fingerprint density at radius 1 is 0.864 bits per heavy atom. The van der Waals surface area contributed by atoms with Gasteiger partial charge < -0.3 is 15.3 Å². The van der Waals surface area contributed by atoms with Crippen LogP contribution in [-0.2, 0) is 4.79 Å². The third-order valence-corrected chi connectivity index (χ3v) is 3.78. The molecule has 0 aromatic heterocycles. The monoisotopic (exact) mass is 314 g/mol. The number of carbonyl (C=O) groups is 1. The standard InChI is InChI=1S/C18H34O4/c19-16-12-8-7-10-14-17(20)13-9-5-3-1-2-4-6-11-15-18(21)22/h5,9,17,19-20H,1-4,6-8,10-16H2,(H,21,22)/b9-5-. The molecule has 1 unspecified atom stereocenters. The Balaban J connectivity index is 3.26. The van der Waals surface area contributed by atoms with Crippen molar-refractivity contribution in [2.75, 3.05) is 6.61 Å². The first-order chi connectivity index (χ1) is 10.7. The maximum Gasteiger partial charge on any atom is 0.303 e. The highest BCUT2D eigenvalue weighted by Gasteiger charge is 2.01. The lowest BCUT2D eigenvalue weighted by atomic mass is 10.1. The predicted octanol–water partition coefficient (Wildman–Crippen LogP) is 4.05. The van der Waals surface area contributed by atoms with Gasteiger partial charge >= 0.3 is 5.97 Å². The number of carboxylic acids is 1. The molecule has 0 fully saturated rings. The van der Waals surface area contributed by atoms with Crippen molar-refractivity contribution in [3.05, 3.63) is 12.2 Å². The molecule has 0 heterocycles. The van der Waals surface area contributed by atoms with Gasteiger partial charge in [0.1, 0.15) is 0 Å². The molecular weight excluding hydrogens is 280 g/mol. The fourth-order valence-electron chi connectivity index (χ4n) is 2.40. The maximum absolute atomic E-state index is 10.3. The van der Waals surface area contributed by atoms with Crippen LogP contribution in [0.5, 0.6) is 0 Å². The van der Waals surface area contributed by atoms with Crippen molar-refractivity contribution < 1.29 is 20.1 Å². The van der Waals surface area contributed by atoms with Crippen molar-refractivity contribution in [3.8, 4) is 0 Å². The zero-order chi connectivity index (χ0) is 16.5.